The predicted molar refractivity (Wildman–Crippen MR) is 88.4 cm³/mol. The molecule has 1 aromatic rings. The third kappa shape index (κ3) is 2.97. The van der Waals surface area contributed by atoms with Crippen molar-refractivity contribution in [2.45, 2.75) is 32.6 Å². The standard InChI is InChI=1S/C18H22ClNO3/c1-3-18(2)8-15(18)16(21)20-9-13(14(10-20)17(22)23)11-4-6-12(19)7-5-11/h4-7,13-15H,3,8-10H2,1-2H3,(H,22,23)/t13-,14+,15?,18?/m0/s1. The van der Waals surface area contributed by atoms with E-state index < -0.39 is 11.9 Å². The van der Waals surface area contributed by atoms with Gasteiger partial charge in [0.05, 0.1) is 5.92 Å². The lowest BCUT2D eigenvalue weighted by Crippen LogP contribution is -2.32. The molecule has 2 aliphatic rings. The molecule has 2 fully saturated rings. The Hall–Kier alpha value is -1.55. The van der Waals surface area contributed by atoms with Crippen molar-refractivity contribution in [2.24, 2.45) is 17.3 Å². The number of benzene rings is 1. The Balaban J connectivity index is 1.78. The van der Waals surface area contributed by atoms with Crippen LogP contribution in [0, 0.1) is 17.3 Å². The highest BCUT2D eigenvalue weighted by Crippen LogP contribution is 2.56. The fourth-order valence-electron chi connectivity index (χ4n) is 3.69. The fourth-order valence-corrected chi connectivity index (χ4v) is 3.81. The van der Waals surface area contributed by atoms with Crippen molar-refractivity contribution in [3.8, 4) is 0 Å². The summed E-state index contributed by atoms with van der Waals surface area (Å²) in [5.41, 5.74) is 1.04. The maximum Gasteiger partial charge on any atom is 0.308 e. The van der Waals surface area contributed by atoms with E-state index in [-0.39, 0.29) is 23.2 Å². The summed E-state index contributed by atoms with van der Waals surface area (Å²) in [4.78, 5) is 26.1. The number of carbonyl (C=O) groups excluding carboxylic acids is 1. The molecule has 5 heteroatoms. The van der Waals surface area contributed by atoms with Gasteiger partial charge in [0.2, 0.25) is 5.91 Å². The number of hydrogen-bond acceptors (Lipinski definition) is 2. The molecule has 1 saturated carbocycles. The van der Waals surface area contributed by atoms with E-state index in [0.29, 0.717) is 18.1 Å². The van der Waals surface area contributed by atoms with E-state index in [9.17, 15) is 14.7 Å². The molecule has 0 spiro atoms. The molecule has 4 nitrogen and oxygen atoms in total. The van der Waals surface area contributed by atoms with Gasteiger partial charge in [-0.1, -0.05) is 37.6 Å². The maximum absolute atomic E-state index is 12.7. The number of halogens is 1. The molecule has 0 radical (unpaired) electrons. The lowest BCUT2D eigenvalue weighted by atomic mass is 9.89. The largest absolute Gasteiger partial charge is 0.481 e. The van der Waals surface area contributed by atoms with Crippen molar-refractivity contribution in [3.05, 3.63) is 34.9 Å². The molecular formula is C18H22ClNO3. The number of rotatable bonds is 4. The summed E-state index contributed by atoms with van der Waals surface area (Å²) in [7, 11) is 0. The molecule has 23 heavy (non-hydrogen) atoms. The normalized spacial score (nSPS) is 32.8. The molecule has 0 aromatic heterocycles. The van der Waals surface area contributed by atoms with Crippen molar-refractivity contribution in [3.63, 3.8) is 0 Å². The second kappa shape index (κ2) is 5.82. The summed E-state index contributed by atoms with van der Waals surface area (Å²) in [6, 6.07) is 7.28. The van der Waals surface area contributed by atoms with Crippen molar-refractivity contribution in [1.29, 1.82) is 0 Å². The molecule has 4 atom stereocenters. The molecule has 0 bridgehead atoms. The third-order valence-corrected chi connectivity index (χ3v) is 5.96. The SMILES string of the molecule is CCC1(C)CC1C(=O)N1C[C@@H](C(=O)O)[C@H](c2ccc(Cl)cc2)C1. The molecular weight excluding hydrogens is 314 g/mol. The third-order valence-electron chi connectivity index (χ3n) is 5.70. The highest BCUT2D eigenvalue weighted by molar-refractivity contribution is 6.30. The van der Waals surface area contributed by atoms with Crippen LogP contribution in [-0.2, 0) is 9.59 Å². The first-order chi connectivity index (χ1) is 10.9. The molecule has 3 rings (SSSR count). The van der Waals surface area contributed by atoms with Gasteiger partial charge in [0.15, 0.2) is 0 Å². The Kier molecular flexibility index (Phi) is 4.13. The average Bonchev–Trinajstić information content (AvgIpc) is 3.02. The summed E-state index contributed by atoms with van der Waals surface area (Å²) < 4.78 is 0. The van der Waals surface area contributed by atoms with Gasteiger partial charge in [0.25, 0.3) is 0 Å². The quantitative estimate of drug-likeness (QED) is 0.917. The lowest BCUT2D eigenvalue weighted by molar-refractivity contribution is -0.142. The summed E-state index contributed by atoms with van der Waals surface area (Å²) >= 11 is 5.91. The number of carbonyl (C=O) groups is 2. The molecule has 2 unspecified atom stereocenters. The van der Waals surface area contributed by atoms with Gasteiger partial charge in [0, 0.05) is 29.9 Å². The van der Waals surface area contributed by atoms with Crippen molar-refractivity contribution in [1.82, 2.24) is 4.90 Å². The van der Waals surface area contributed by atoms with Crippen LogP contribution in [0.5, 0.6) is 0 Å². The van der Waals surface area contributed by atoms with Gasteiger partial charge in [-0.25, -0.2) is 0 Å². The van der Waals surface area contributed by atoms with Crippen LogP contribution >= 0.6 is 11.6 Å². The summed E-state index contributed by atoms with van der Waals surface area (Å²) in [6.45, 7) is 5.02. The van der Waals surface area contributed by atoms with Crippen LogP contribution in [0.25, 0.3) is 0 Å². The Morgan fingerprint density at radius 1 is 1.30 bits per heavy atom. The highest BCUT2D eigenvalue weighted by atomic mass is 35.5. The lowest BCUT2D eigenvalue weighted by Gasteiger charge is -2.18. The minimum atomic E-state index is -0.839. The number of aliphatic carboxylic acids is 1. The zero-order valence-corrected chi connectivity index (χ0v) is 14.2. The van der Waals surface area contributed by atoms with E-state index in [4.69, 9.17) is 11.6 Å². The number of nitrogens with zero attached hydrogens (tertiary/aromatic N) is 1. The first-order valence-electron chi connectivity index (χ1n) is 8.13. The Labute approximate surface area is 141 Å². The van der Waals surface area contributed by atoms with E-state index >= 15 is 0 Å². The molecule has 1 N–H and O–H groups in total. The van der Waals surface area contributed by atoms with Crippen LogP contribution in [0.2, 0.25) is 5.02 Å². The van der Waals surface area contributed by atoms with E-state index in [1.165, 1.54) is 0 Å². The minimum absolute atomic E-state index is 0.0610. The smallest absolute Gasteiger partial charge is 0.308 e. The Morgan fingerprint density at radius 2 is 1.96 bits per heavy atom. The van der Waals surface area contributed by atoms with Gasteiger partial charge >= 0.3 is 5.97 Å². The molecule has 1 aliphatic heterocycles. The highest BCUT2D eigenvalue weighted by Gasteiger charge is 2.55. The van der Waals surface area contributed by atoms with Crippen molar-refractivity contribution >= 4 is 23.5 Å². The van der Waals surface area contributed by atoms with Crippen LogP contribution in [0.15, 0.2) is 24.3 Å². The molecule has 124 valence electrons. The number of hydrogen-bond donors (Lipinski definition) is 1. The average molecular weight is 336 g/mol. The Morgan fingerprint density at radius 3 is 2.48 bits per heavy atom. The van der Waals surface area contributed by atoms with Gasteiger partial charge in [-0.15, -0.1) is 0 Å². The molecule has 1 saturated heterocycles. The van der Waals surface area contributed by atoms with Crippen molar-refractivity contribution in [2.75, 3.05) is 13.1 Å². The fraction of sp³-hybridized carbons (Fsp3) is 0.556. The summed E-state index contributed by atoms with van der Waals surface area (Å²) in [6.07, 6.45) is 1.91. The topological polar surface area (TPSA) is 57.6 Å². The first kappa shape index (κ1) is 16.3. The molecule has 1 aliphatic carbocycles. The monoisotopic (exact) mass is 335 g/mol. The van der Waals surface area contributed by atoms with Crippen LogP contribution in [0.4, 0.5) is 0 Å². The van der Waals surface area contributed by atoms with Gasteiger partial charge in [-0.3, -0.25) is 9.59 Å². The van der Waals surface area contributed by atoms with Gasteiger partial charge in [-0.05, 0) is 36.0 Å². The zero-order chi connectivity index (χ0) is 16.8. The van der Waals surface area contributed by atoms with E-state index in [1.54, 1.807) is 17.0 Å². The van der Waals surface area contributed by atoms with E-state index in [2.05, 4.69) is 13.8 Å². The predicted octanol–water partition coefficient (Wildman–Crippen LogP) is 3.40. The van der Waals surface area contributed by atoms with Crippen LogP contribution in [0.1, 0.15) is 38.2 Å². The molecule has 1 amide bonds. The van der Waals surface area contributed by atoms with Gasteiger partial charge < -0.3 is 10.0 Å². The second-order valence-electron chi connectivity index (χ2n) is 7.11. The zero-order valence-electron chi connectivity index (χ0n) is 13.5. The van der Waals surface area contributed by atoms with Crippen LogP contribution in [0.3, 0.4) is 0 Å². The first-order valence-corrected chi connectivity index (χ1v) is 8.50. The summed E-state index contributed by atoms with van der Waals surface area (Å²) in [5.74, 6) is -1.37. The number of amides is 1. The number of carboxylic acids is 1. The maximum atomic E-state index is 12.7. The van der Waals surface area contributed by atoms with Crippen molar-refractivity contribution < 1.29 is 14.7 Å². The molecule has 1 heterocycles. The molecule has 1 aromatic carbocycles. The summed E-state index contributed by atoms with van der Waals surface area (Å²) in [5, 5.41) is 10.2. The van der Waals surface area contributed by atoms with E-state index in [1.807, 2.05) is 12.1 Å². The van der Waals surface area contributed by atoms with E-state index in [0.717, 1.165) is 18.4 Å². The number of carboxylic acid groups (broad SMARTS) is 1. The van der Waals surface area contributed by atoms with Crippen LogP contribution < -0.4 is 0 Å². The van der Waals surface area contributed by atoms with Gasteiger partial charge in [-0.2, -0.15) is 0 Å². The van der Waals surface area contributed by atoms with Gasteiger partial charge in [0.1, 0.15) is 0 Å². The Bertz CT molecular complexity index is 630. The van der Waals surface area contributed by atoms with Crippen LogP contribution in [-0.4, -0.2) is 35.0 Å². The number of likely N-dealkylation sites (tertiary alicyclic amines) is 1. The minimum Gasteiger partial charge on any atom is -0.481 e. The second-order valence-corrected chi connectivity index (χ2v) is 7.55.